The second kappa shape index (κ2) is 7.85. The van der Waals surface area contributed by atoms with E-state index in [0.29, 0.717) is 18.1 Å². The molecular weight excluding hydrogens is 299 g/mol. The highest BCUT2D eigenvalue weighted by Crippen LogP contribution is 2.19. The van der Waals surface area contributed by atoms with E-state index in [1.165, 1.54) is 12.1 Å². The van der Waals surface area contributed by atoms with Crippen LogP contribution in [-0.2, 0) is 22.4 Å². The molecule has 1 aromatic heterocycles. The first-order chi connectivity index (χ1) is 11.0. The van der Waals surface area contributed by atoms with Gasteiger partial charge in [-0.3, -0.25) is 4.79 Å². The first-order valence-electron chi connectivity index (χ1n) is 7.77. The molecule has 0 saturated carbocycles. The van der Waals surface area contributed by atoms with Crippen molar-refractivity contribution in [3.63, 3.8) is 0 Å². The fourth-order valence-electron chi connectivity index (χ4n) is 2.20. The third-order valence-corrected chi connectivity index (χ3v) is 3.43. The van der Waals surface area contributed by atoms with Crippen molar-refractivity contribution in [3.8, 4) is 0 Å². The highest BCUT2D eigenvalue weighted by atomic mass is 19.1. The molecule has 2 atom stereocenters. The van der Waals surface area contributed by atoms with Crippen molar-refractivity contribution in [2.24, 2.45) is 5.92 Å². The van der Waals surface area contributed by atoms with Crippen LogP contribution in [0.4, 0.5) is 4.39 Å². The van der Waals surface area contributed by atoms with Crippen LogP contribution in [0.3, 0.4) is 0 Å². The van der Waals surface area contributed by atoms with Crippen LogP contribution in [0.2, 0.25) is 0 Å². The fourth-order valence-corrected chi connectivity index (χ4v) is 2.20. The quantitative estimate of drug-likeness (QED) is 0.729. The second-order valence-corrected chi connectivity index (χ2v) is 5.61. The van der Waals surface area contributed by atoms with E-state index in [4.69, 9.17) is 9.26 Å². The first kappa shape index (κ1) is 17.1. The van der Waals surface area contributed by atoms with Gasteiger partial charge >= 0.3 is 5.97 Å². The molecule has 0 N–H and O–H groups in total. The summed E-state index contributed by atoms with van der Waals surface area (Å²) in [6, 6.07) is 6.20. The summed E-state index contributed by atoms with van der Waals surface area (Å²) in [5, 5.41) is 3.84. The van der Waals surface area contributed by atoms with Crippen molar-refractivity contribution in [3.05, 3.63) is 47.4 Å². The Hall–Kier alpha value is -2.24. The lowest BCUT2D eigenvalue weighted by Crippen LogP contribution is -2.19. The highest BCUT2D eigenvalue weighted by molar-refractivity contribution is 5.72. The Bertz CT molecular complexity index is 657. The molecule has 6 heteroatoms. The van der Waals surface area contributed by atoms with E-state index in [2.05, 4.69) is 10.1 Å². The molecule has 0 amide bonds. The third-order valence-electron chi connectivity index (χ3n) is 3.43. The van der Waals surface area contributed by atoms with Crippen molar-refractivity contribution < 1.29 is 18.4 Å². The number of hydrogen-bond donors (Lipinski definition) is 0. The van der Waals surface area contributed by atoms with Gasteiger partial charge in [0.2, 0.25) is 0 Å². The van der Waals surface area contributed by atoms with E-state index in [1.54, 1.807) is 26.0 Å². The van der Waals surface area contributed by atoms with Gasteiger partial charge in [0.05, 0.1) is 5.92 Å². The molecular formula is C17H21FN2O3. The number of nitrogens with zero attached hydrogens (tertiary/aromatic N) is 2. The van der Waals surface area contributed by atoms with E-state index in [9.17, 15) is 9.18 Å². The van der Waals surface area contributed by atoms with Gasteiger partial charge in [-0.25, -0.2) is 4.39 Å². The van der Waals surface area contributed by atoms with Crippen LogP contribution in [0.15, 0.2) is 28.8 Å². The van der Waals surface area contributed by atoms with Gasteiger partial charge in [0.1, 0.15) is 5.82 Å². The van der Waals surface area contributed by atoms with Gasteiger partial charge < -0.3 is 9.26 Å². The molecule has 23 heavy (non-hydrogen) atoms. The maximum absolute atomic E-state index is 13.2. The summed E-state index contributed by atoms with van der Waals surface area (Å²) in [5.41, 5.74) is 0.755. The molecule has 2 rings (SSSR count). The molecule has 2 unspecified atom stereocenters. The molecule has 0 aliphatic rings. The Morgan fingerprint density at radius 3 is 2.87 bits per heavy atom. The maximum Gasteiger partial charge on any atom is 0.309 e. The van der Waals surface area contributed by atoms with Gasteiger partial charge in [-0.2, -0.15) is 4.98 Å². The number of ether oxygens (including phenoxy) is 1. The number of halogens is 1. The average molecular weight is 320 g/mol. The van der Waals surface area contributed by atoms with Crippen LogP contribution < -0.4 is 0 Å². The number of aryl methyl sites for hydroxylation is 1. The van der Waals surface area contributed by atoms with Crippen LogP contribution in [0.25, 0.3) is 0 Å². The third kappa shape index (κ3) is 4.87. The van der Waals surface area contributed by atoms with Gasteiger partial charge in [-0.1, -0.05) is 31.1 Å². The average Bonchev–Trinajstić information content (AvgIpc) is 2.96. The molecule has 0 bridgehead atoms. The van der Waals surface area contributed by atoms with Crippen molar-refractivity contribution in [1.82, 2.24) is 10.1 Å². The van der Waals surface area contributed by atoms with Gasteiger partial charge in [0.15, 0.2) is 11.9 Å². The molecule has 1 aromatic carbocycles. The standard InChI is InChI=1S/C17H21FN2O3/c1-4-6-15-19-16(23-20-15)12(3)22-17(21)11(2)9-13-7-5-8-14(18)10-13/h5,7-8,10-12H,4,6,9H2,1-3H3. The van der Waals surface area contributed by atoms with Crippen molar-refractivity contribution in [2.45, 2.75) is 46.1 Å². The minimum atomic E-state index is -0.601. The van der Waals surface area contributed by atoms with Gasteiger partial charge in [-0.05, 0) is 37.5 Å². The van der Waals surface area contributed by atoms with Crippen molar-refractivity contribution in [1.29, 1.82) is 0 Å². The fraction of sp³-hybridized carbons (Fsp3) is 0.471. The number of carbonyl (C=O) groups excluding carboxylic acids is 1. The molecule has 2 aromatic rings. The molecule has 0 fully saturated rings. The topological polar surface area (TPSA) is 65.2 Å². The zero-order chi connectivity index (χ0) is 16.8. The van der Waals surface area contributed by atoms with E-state index in [0.717, 1.165) is 18.4 Å². The number of esters is 1. The summed E-state index contributed by atoms with van der Waals surface area (Å²) in [5.74, 6) is -0.182. The number of carbonyl (C=O) groups is 1. The molecule has 0 aliphatic carbocycles. The van der Waals surface area contributed by atoms with E-state index in [1.807, 2.05) is 6.92 Å². The zero-order valence-corrected chi connectivity index (χ0v) is 13.6. The normalized spacial score (nSPS) is 13.6. The van der Waals surface area contributed by atoms with Crippen LogP contribution in [0, 0.1) is 11.7 Å². The molecule has 5 nitrogen and oxygen atoms in total. The monoisotopic (exact) mass is 320 g/mol. The van der Waals surface area contributed by atoms with Gasteiger partial charge in [-0.15, -0.1) is 0 Å². The Balaban J connectivity index is 1.91. The Morgan fingerprint density at radius 2 is 2.17 bits per heavy atom. The predicted octanol–water partition coefficient (Wildman–Crippen LogP) is 3.64. The lowest BCUT2D eigenvalue weighted by molar-refractivity contribution is -0.154. The Kier molecular flexibility index (Phi) is 5.84. The SMILES string of the molecule is CCCc1noc(C(C)OC(=O)C(C)Cc2cccc(F)c2)n1. The van der Waals surface area contributed by atoms with Crippen LogP contribution in [-0.4, -0.2) is 16.1 Å². The summed E-state index contributed by atoms with van der Waals surface area (Å²) in [6.45, 7) is 5.46. The summed E-state index contributed by atoms with van der Waals surface area (Å²) in [6.07, 6.45) is 1.45. The zero-order valence-electron chi connectivity index (χ0n) is 13.6. The van der Waals surface area contributed by atoms with Crippen LogP contribution in [0.5, 0.6) is 0 Å². The van der Waals surface area contributed by atoms with E-state index < -0.39 is 12.0 Å². The lowest BCUT2D eigenvalue weighted by Gasteiger charge is -2.14. The number of benzene rings is 1. The van der Waals surface area contributed by atoms with Crippen LogP contribution in [0.1, 0.15) is 50.6 Å². The van der Waals surface area contributed by atoms with Gasteiger partial charge in [0, 0.05) is 6.42 Å². The number of aromatic nitrogens is 2. The van der Waals surface area contributed by atoms with Crippen molar-refractivity contribution >= 4 is 5.97 Å². The maximum atomic E-state index is 13.2. The van der Waals surface area contributed by atoms with E-state index in [-0.39, 0.29) is 11.8 Å². The Labute approximate surface area is 134 Å². The van der Waals surface area contributed by atoms with Crippen LogP contribution >= 0.6 is 0 Å². The summed E-state index contributed by atoms with van der Waals surface area (Å²) in [7, 11) is 0. The summed E-state index contributed by atoms with van der Waals surface area (Å²) >= 11 is 0. The predicted molar refractivity (Wildman–Crippen MR) is 82.1 cm³/mol. The van der Waals surface area contributed by atoms with Crippen molar-refractivity contribution in [2.75, 3.05) is 0 Å². The first-order valence-corrected chi connectivity index (χ1v) is 7.77. The Morgan fingerprint density at radius 1 is 1.39 bits per heavy atom. The number of rotatable bonds is 7. The molecule has 0 aliphatic heterocycles. The molecule has 124 valence electrons. The molecule has 0 spiro atoms. The van der Waals surface area contributed by atoms with E-state index >= 15 is 0 Å². The minimum absolute atomic E-state index is 0.291. The highest BCUT2D eigenvalue weighted by Gasteiger charge is 2.22. The summed E-state index contributed by atoms with van der Waals surface area (Å²) in [4.78, 5) is 16.3. The lowest BCUT2D eigenvalue weighted by atomic mass is 10.0. The summed E-state index contributed by atoms with van der Waals surface area (Å²) < 4.78 is 23.6. The molecule has 0 radical (unpaired) electrons. The van der Waals surface area contributed by atoms with Gasteiger partial charge in [0.25, 0.3) is 5.89 Å². The number of hydrogen-bond acceptors (Lipinski definition) is 5. The smallest absolute Gasteiger partial charge is 0.309 e. The second-order valence-electron chi connectivity index (χ2n) is 5.61. The largest absolute Gasteiger partial charge is 0.452 e. The molecule has 0 saturated heterocycles. The molecule has 1 heterocycles. The minimum Gasteiger partial charge on any atom is -0.452 e.